The zero-order valence-electron chi connectivity index (χ0n) is 19.1. The van der Waals surface area contributed by atoms with E-state index in [1.807, 2.05) is 51.1 Å². The normalized spacial score (nSPS) is 16.2. The molecule has 1 heterocycles. The van der Waals surface area contributed by atoms with Gasteiger partial charge >= 0.3 is 0 Å². The van der Waals surface area contributed by atoms with Crippen molar-refractivity contribution in [1.82, 2.24) is 15.3 Å². The molecule has 4 rings (SSSR count). The molecule has 1 aliphatic rings. The number of anilines is 1. The Morgan fingerprint density at radius 1 is 1.03 bits per heavy atom. The summed E-state index contributed by atoms with van der Waals surface area (Å²) >= 11 is 0. The van der Waals surface area contributed by atoms with Crippen LogP contribution in [-0.4, -0.2) is 27.8 Å². The van der Waals surface area contributed by atoms with E-state index >= 15 is 0 Å². The van der Waals surface area contributed by atoms with Crippen LogP contribution in [-0.2, 0) is 4.79 Å². The number of carbonyl (C=O) groups excluding carboxylic acids is 2. The van der Waals surface area contributed by atoms with Crippen molar-refractivity contribution in [2.75, 3.05) is 5.32 Å². The lowest BCUT2D eigenvalue weighted by atomic mass is 9.89. The molecule has 2 aromatic carbocycles. The zero-order valence-corrected chi connectivity index (χ0v) is 19.1. The molecule has 0 saturated heterocycles. The summed E-state index contributed by atoms with van der Waals surface area (Å²) in [5.41, 5.74) is 8.58. The summed E-state index contributed by atoms with van der Waals surface area (Å²) in [7, 11) is 0. The molecule has 32 heavy (non-hydrogen) atoms. The Balaban J connectivity index is 1.59. The Hall–Kier alpha value is -3.67. The highest BCUT2D eigenvalue weighted by Gasteiger charge is 2.21. The van der Waals surface area contributed by atoms with Crippen LogP contribution in [0.3, 0.4) is 0 Å². The number of aromatic amines is 1. The van der Waals surface area contributed by atoms with Gasteiger partial charge in [0.2, 0.25) is 5.91 Å². The summed E-state index contributed by atoms with van der Waals surface area (Å²) in [4.78, 5) is 32.3. The number of hydrogen-bond acceptors (Lipinski definition) is 3. The topological polar surface area (TPSA) is 86.9 Å². The standard InChI is InChI=1S/C26H28N4O2/c1-14-6-8-20(10-15(14)2)28-26(32)19-7-9-22-23(13-19)30-25(29-22)24-16(3)11-21(12-17(24)4)27-18(5)31/h6-11,13,21H,12H2,1-5H3,(H,27,31)(H,28,32)(H,29,30). The van der Waals surface area contributed by atoms with Gasteiger partial charge in [0.05, 0.1) is 17.1 Å². The quantitative estimate of drug-likeness (QED) is 0.543. The lowest BCUT2D eigenvalue weighted by Gasteiger charge is -2.23. The van der Waals surface area contributed by atoms with Gasteiger partial charge in [-0.3, -0.25) is 9.59 Å². The van der Waals surface area contributed by atoms with E-state index in [0.717, 1.165) is 51.2 Å². The number of aromatic nitrogens is 2. The summed E-state index contributed by atoms with van der Waals surface area (Å²) < 4.78 is 0. The van der Waals surface area contributed by atoms with E-state index in [0.29, 0.717) is 5.56 Å². The molecule has 3 N–H and O–H groups in total. The van der Waals surface area contributed by atoms with Gasteiger partial charge in [-0.15, -0.1) is 0 Å². The Kier molecular flexibility index (Phi) is 5.70. The summed E-state index contributed by atoms with van der Waals surface area (Å²) in [6.07, 6.45) is 2.81. The molecule has 0 aliphatic heterocycles. The zero-order chi connectivity index (χ0) is 23.0. The monoisotopic (exact) mass is 428 g/mol. The predicted octanol–water partition coefficient (Wildman–Crippen LogP) is 5.06. The van der Waals surface area contributed by atoms with Crippen LogP contribution < -0.4 is 10.6 Å². The maximum absolute atomic E-state index is 12.8. The van der Waals surface area contributed by atoms with Gasteiger partial charge in [0.25, 0.3) is 5.91 Å². The minimum Gasteiger partial charge on any atom is -0.350 e. The molecule has 3 aromatic rings. The van der Waals surface area contributed by atoms with Crippen LogP contribution in [0.1, 0.15) is 54.5 Å². The van der Waals surface area contributed by atoms with E-state index in [4.69, 9.17) is 4.98 Å². The largest absolute Gasteiger partial charge is 0.350 e. The minimum absolute atomic E-state index is 0.00124. The van der Waals surface area contributed by atoms with E-state index in [-0.39, 0.29) is 17.9 Å². The third kappa shape index (κ3) is 4.35. The number of benzene rings is 2. The van der Waals surface area contributed by atoms with Gasteiger partial charge in [-0.25, -0.2) is 4.98 Å². The summed E-state index contributed by atoms with van der Waals surface area (Å²) in [6.45, 7) is 9.70. The number of carbonyl (C=O) groups is 2. The van der Waals surface area contributed by atoms with E-state index in [2.05, 4.69) is 28.6 Å². The van der Waals surface area contributed by atoms with Crippen molar-refractivity contribution >= 4 is 34.1 Å². The molecule has 1 aliphatic carbocycles. The number of allylic oxidation sites excluding steroid dienone is 2. The smallest absolute Gasteiger partial charge is 0.255 e. The van der Waals surface area contributed by atoms with Crippen molar-refractivity contribution < 1.29 is 9.59 Å². The Morgan fingerprint density at radius 3 is 2.50 bits per heavy atom. The number of nitrogens with one attached hydrogen (secondary N) is 3. The highest BCUT2D eigenvalue weighted by atomic mass is 16.2. The van der Waals surface area contributed by atoms with Crippen molar-refractivity contribution in [1.29, 1.82) is 0 Å². The van der Waals surface area contributed by atoms with E-state index < -0.39 is 0 Å². The molecule has 0 bridgehead atoms. The SMILES string of the molecule is CC(=O)NC1C=C(C)C(c2nc3ccc(C(=O)Nc4ccc(C)c(C)c4)cc3[nH]2)=C(C)C1. The molecule has 1 aromatic heterocycles. The number of hydrogen-bond donors (Lipinski definition) is 3. The van der Waals surface area contributed by atoms with Crippen molar-refractivity contribution in [2.45, 2.75) is 47.1 Å². The van der Waals surface area contributed by atoms with Crippen LogP contribution in [0.25, 0.3) is 16.6 Å². The van der Waals surface area contributed by atoms with Crippen molar-refractivity contribution in [3.8, 4) is 0 Å². The van der Waals surface area contributed by atoms with Crippen molar-refractivity contribution in [3.05, 3.63) is 76.1 Å². The lowest BCUT2D eigenvalue weighted by Crippen LogP contribution is -2.33. The Labute approximate surface area is 187 Å². The number of amides is 2. The van der Waals surface area contributed by atoms with Crippen LogP contribution in [0.2, 0.25) is 0 Å². The molecular formula is C26H28N4O2. The number of imidazole rings is 1. The first kappa shape index (κ1) is 21.6. The maximum atomic E-state index is 12.8. The molecule has 1 atom stereocenters. The third-order valence-corrected chi connectivity index (χ3v) is 5.93. The summed E-state index contributed by atoms with van der Waals surface area (Å²) in [5.74, 6) is 0.582. The fourth-order valence-electron chi connectivity index (χ4n) is 4.25. The van der Waals surface area contributed by atoms with Crippen LogP contribution in [0.5, 0.6) is 0 Å². The van der Waals surface area contributed by atoms with Gasteiger partial charge in [0.15, 0.2) is 0 Å². The maximum Gasteiger partial charge on any atom is 0.255 e. The molecule has 0 radical (unpaired) electrons. The second kappa shape index (κ2) is 8.46. The predicted molar refractivity (Wildman–Crippen MR) is 129 cm³/mol. The molecule has 1 unspecified atom stereocenters. The van der Waals surface area contributed by atoms with Crippen LogP contribution in [0.15, 0.2) is 53.6 Å². The summed E-state index contributed by atoms with van der Waals surface area (Å²) in [5, 5.41) is 5.93. The van der Waals surface area contributed by atoms with E-state index in [1.54, 1.807) is 6.07 Å². The highest BCUT2D eigenvalue weighted by Crippen LogP contribution is 2.32. The Morgan fingerprint density at radius 2 is 1.81 bits per heavy atom. The summed E-state index contributed by atoms with van der Waals surface area (Å²) in [6, 6.07) is 11.4. The second-order valence-corrected chi connectivity index (χ2v) is 8.59. The van der Waals surface area contributed by atoms with E-state index in [1.165, 1.54) is 12.5 Å². The van der Waals surface area contributed by atoms with Gasteiger partial charge < -0.3 is 15.6 Å². The first-order chi connectivity index (χ1) is 15.2. The van der Waals surface area contributed by atoms with Gasteiger partial charge in [-0.05, 0) is 81.1 Å². The first-order valence-corrected chi connectivity index (χ1v) is 10.8. The molecule has 0 fully saturated rings. The highest BCUT2D eigenvalue weighted by molar-refractivity contribution is 6.06. The lowest BCUT2D eigenvalue weighted by molar-refractivity contribution is -0.119. The van der Waals surface area contributed by atoms with Crippen molar-refractivity contribution in [3.63, 3.8) is 0 Å². The average Bonchev–Trinajstić information content (AvgIpc) is 3.12. The van der Waals surface area contributed by atoms with Crippen LogP contribution >= 0.6 is 0 Å². The van der Waals surface area contributed by atoms with Crippen LogP contribution in [0.4, 0.5) is 5.69 Å². The number of H-pyrrole nitrogens is 1. The fourth-order valence-corrected chi connectivity index (χ4v) is 4.25. The molecular weight excluding hydrogens is 400 g/mol. The van der Waals surface area contributed by atoms with Crippen LogP contribution in [0, 0.1) is 13.8 Å². The molecule has 164 valence electrons. The molecule has 6 heteroatoms. The number of aryl methyl sites for hydroxylation is 2. The van der Waals surface area contributed by atoms with Crippen molar-refractivity contribution in [2.24, 2.45) is 0 Å². The van der Waals surface area contributed by atoms with Gasteiger partial charge in [0.1, 0.15) is 5.82 Å². The van der Waals surface area contributed by atoms with Gasteiger partial charge in [-0.1, -0.05) is 17.7 Å². The second-order valence-electron chi connectivity index (χ2n) is 8.59. The molecule has 2 amide bonds. The minimum atomic E-state index is -0.159. The molecule has 6 nitrogen and oxygen atoms in total. The molecule has 0 spiro atoms. The van der Waals surface area contributed by atoms with Gasteiger partial charge in [0, 0.05) is 23.7 Å². The van der Waals surface area contributed by atoms with E-state index in [9.17, 15) is 9.59 Å². The number of rotatable bonds is 4. The third-order valence-electron chi connectivity index (χ3n) is 5.93. The van der Waals surface area contributed by atoms with Gasteiger partial charge in [-0.2, -0.15) is 0 Å². The first-order valence-electron chi connectivity index (χ1n) is 10.8. The number of nitrogens with zero attached hydrogens (tertiary/aromatic N) is 1. The fraction of sp³-hybridized carbons (Fsp3) is 0.269. The number of fused-ring (bicyclic) bond motifs is 1. The average molecular weight is 429 g/mol. The Bertz CT molecular complexity index is 1300. The molecule has 0 saturated carbocycles.